The van der Waals surface area contributed by atoms with Gasteiger partial charge in [-0.15, -0.1) is 0 Å². The Bertz CT molecular complexity index is 1060. The molecule has 3 fully saturated rings. The van der Waals surface area contributed by atoms with E-state index in [4.69, 9.17) is 4.74 Å². The van der Waals surface area contributed by atoms with Crippen molar-refractivity contribution in [1.29, 1.82) is 0 Å². The molecule has 2 aromatic carbocycles. The van der Waals surface area contributed by atoms with E-state index in [1.54, 1.807) is 24.3 Å². The normalized spacial score (nSPS) is 28.3. The van der Waals surface area contributed by atoms with Crippen LogP contribution < -0.4 is 10.6 Å². The fourth-order valence-corrected chi connectivity index (χ4v) is 5.41. The molecule has 2 amide bonds. The van der Waals surface area contributed by atoms with E-state index in [0.29, 0.717) is 11.3 Å². The van der Waals surface area contributed by atoms with Crippen molar-refractivity contribution in [2.45, 2.75) is 32.8 Å². The first-order valence-corrected chi connectivity index (χ1v) is 10.4. The van der Waals surface area contributed by atoms with E-state index in [9.17, 15) is 14.4 Å². The molecule has 0 spiro atoms. The molecule has 0 radical (unpaired) electrons. The zero-order valence-electron chi connectivity index (χ0n) is 17.0. The van der Waals surface area contributed by atoms with Gasteiger partial charge >= 0.3 is 5.97 Å². The van der Waals surface area contributed by atoms with Crippen LogP contribution in [0.25, 0.3) is 0 Å². The van der Waals surface area contributed by atoms with Gasteiger partial charge in [0.2, 0.25) is 5.91 Å². The number of nitrogens with one attached hydrogen (secondary N) is 2. The first kappa shape index (κ1) is 18.9. The number of rotatable bonds is 4. The highest BCUT2D eigenvalue weighted by Gasteiger charge is 2.63. The van der Waals surface area contributed by atoms with E-state index in [1.165, 1.54) is 0 Å². The Morgan fingerprint density at radius 1 is 1.03 bits per heavy atom. The number of fused-ring (bicyclic) bond motifs is 1. The molecule has 1 aliphatic heterocycles. The van der Waals surface area contributed by atoms with Gasteiger partial charge in [0.15, 0.2) is 0 Å². The first-order valence-electron chi connectivity index (χ1n) is 10.4. The summed E-state index contributed by atoms with van der Waals surface area (Å²) in [5.41, 5.74) is 3.91. The average Bonchev–Trinajstić information content (AvgIpc) is 3.34. The Kier molecular flexibility index (Phi) is 4.38. The molecule has 6 nitrogen and oxygen atoms in total. The SMILES string of the molecule is Cc1cccc(NC(=O)c2cccc(NC(=O)[C@@H]3[C@@H]4C[C@@H]5[C@@H]3C(=O)O[C@@H]5C4)c2)c1C. The van der Waals surface area contributed by atoms with Crippen LogP contribution in [0, 0.1) is 37.5 Å². The molecule has 2 aliphatic carbocycles. The smallest absolute Gasteiger partial charge is 0.310 e. The van der Waals surface area contributed by atoms with Gasteiger partial charge in [0.05, 0.1) is 11.8 Å². The Morgan fingerprint density at radius 2 is 1.83 bits per heavy atom. The summed E-state index contributed by atoms with van der Waals surface area (Å²) in [7, 11) is 0. The second-order valence-corrected chi connectivity index (χ2v) is 8.69. The fourth-order valence-electron chi connectivity index (χ4n) is 5.41. The molecule has 5 atom stereocenters. The molecular weight excluding hydrogens is 380 g/mol. The van der Waals surface area contributed by atoms with Crippen molar-refractivity contribution in [1.82, 2.24) is 0 Å². The number of carbonyl (C=O) groups is 3. The topological polar surface area (TPSA) is 84.5 Å². The zero-order valence-corrected chi connectivity index (χ0v) is 17.0. The summed E-state index contributed by atoms with van der Waals surface area (Å²) >= 11 is 0. The van der Waals surface area contributed by atoms with Crippen LogP contribution in [0.5, 0.6) is 0 Å². The zero-order chi connectivity index (χ0) is 21.0. The minimum absolute atomic E-state index is 0.00801. The molecule has 1 heterocycles. The number of ether oxygens (including phenoxy) is 1. The van der Waals surface area contributed by atoms with Gasteiger partial charge in [-0.25, -0.2) is 0 Å². The van der Waals surface area contributed by atoms with Gasteiger partial charge in [-0.3, -0.25) is 14.4 Å². The number of benzene rings is 2. The molecular formula is C24H24N2O4. The van der Waals surface area contributed by atoms with Crippen LogP contribution in [0.15, 0.2) is 42.5 Å². The number of amides is 2. The number of carbonyl (C=O) groups excluding carboxylic acids is 3. The van der Waals surface area contributed by atoms with Gasteiger partial charge in [0, 0.05) is 22.9 Å². The summed E-state index contributed by atoms with van der Waals surface area (Å²) < 4.78 is 5.42. The molecule has 2 bridgehead atoms. The van der Waals surface area contributed by atoms with Gasteiger partial charge in [-0.2, -0.15) is 0 Å². The van der Waals surface area contributed by atoms with Crippen molar-refractivity contribution in [3.8, 4) is 0 Å². The van der Waals surface area contributed by atoms with Crippen LogP contribution in [0.4, 0.5) is 11.4 Å². The summed E-state index contributed by atoms with van der Waals surface area (Å²) in [6.07, 6.45) is 1.68. The lowest BCUT2D eigenvalue weighted by atomic mass is 9.79. The standard InChI is InChI=1S/C24H24N2O4/c1-12-5-3-8-18(13(12)2)26-22(27)14-6-4-7-16(9-14)25-23(28)20-15-10-17-19(11-15)30-24(29)21(17)20/h3-9,15,17,19-21H,10-11H2,1-2H3,(H,25,28)(H,26,27)/t15-,17+,19-,20-,21+/m1/s1. The molecule has 2 N–H and O–H groups in total. The van der Waals surface area contributed by atoms with Gasteiger partial charge in [0.1, 0.15) is 6.10 Å². The molecule has 5 rings (SSSR count). The van der Waals surface area contributed by atoms with Crippen molar-refractivity contribution >= 4 is 29.2 Å². The maximum Gasteiger partial charge on any atom is 0.310 e. The van der Waals surface area contributed by atoms with Crippen LogP contribution in [0.1, 0.15) is 34.3 Å². The monoisotopic (exact) mass is 404 g/mol. The molecule has 30 heavy (non-hydrogen) atoms. The Labute approximate surface area is 175 Å². The molecule has 2 aromatic rings. The molecule has 3 aliphatic rings. The summed E-state index contributed by atoms with van der Waals surface area (Å²) in [4.78, 5) is 37.9. The van der Waals surface area contributed by atoms with Gasteiger partial charge in [-0.1, -0.05) is 18.2 Å². The summed E-state index contributed by atoms with van der Waals surface area (Å²) in [5.74, 6) is -0.885. The van der Waals surface area contributed by atoms with Crippen LogP contribution in [0.3, 0.4) is 0 Å². The second kappa shape index (κ2) is 6.97. The van der Waals surface area contributed by atoms with Gasteiger partial charge in [-0.05, 0) is 68.0 Å². The third kappa shape index (κ3) is 2.98. The van der Waals surface area contributed by atoms with Crippen molar-refractivity contribution in [2.75, 3.05) is 10.6 Å². The van der Waals surface area contributed by atoms with Crippen molar-refractivity contribution in [3.05, 3.63) is 59.2 Å². The van der Waals surface area contributed by atoms with Crippen LogP contribution in [-0.2, 0) is 14.3 Å². The Balaban J connectivity index is 1.31. The molecule has 0 aromatic heterocycles. The lowest BCUT2D eigenvalue weighted by molar-refractivity contribution is -0.145. The Hall–Kier alpha value is -3.15. The highest BCUT2D eigenvalue weighted by molar-refractivity contribution is 6.06. The van der Waals surface area contributed by atoms with E-state index in [-0.39, 0.29) is 47.6 Å². The van der Waals surface area contributed by atoms with E-state index >= 15 is 0 Å². The van der Waals surface area contributed by atoms with Crippen molar-refractivity contribution in [2.24, 2.45) is 23.7 Å². The van der Waals surface area contributed by atoms with Crippen LogP contribution in [-0.4, -0.2) is 23.9 Å². The lowest BCUT2D eigenvalue weighted by Gasteiger charge is -2.23. The number of anilines is 2. The van der Waals surface area contributed by atoms with E-state index in [1.807, 2.05) is 32.0 Å². The fraction of sp³-hybridized carbons (Fsp3) is 0.375. The number of hydrogen-bond acceptors (Lipinski definition) is 4. The highest BCUT2D eigenvalue weighted by Crippen LogP contribution is 2.57. The predicted molar refractivity (Wildman–Crippen MR) is 112 cm³/mol. The average molecular weight is 404 g/mol. The molecule has 2 saturated carbocycles. The van der Waals surface area contributed by atoms with Crippen LogP contribution in [0.2, 0.25) is 0 Å². The van der Waals surface area contributed by atoms with E-state index < -0.39 is 0 Å². The van der Waals surface area contributed by atoms with Crippen molar-refractivity contribution in [3.63, 3.8) is 0 Å². The third-order valence-corrected chi connectivity index (χ3v) is 7.03. The summed E-state index contributed by atoms with van der Waals surface area (Å²) in [5, 5.41) is 5.86. The number of aryl methyl sites for hydroxylation is 1. The molecule has 0 unspecified atom stereocenters. The first-order chi connectivity index (χ1) is 14.4. The quantitative estimate of drug-likeness (QED) is 0.761. The third-order valence-electron chi connectivity index (χ3n) is 7.03. The minimum Gasteiger partial charge on any atom is -0.462 e. The lowest BCUT2D eigenvalue weighted by Crippen LogP contribution is -2.35. The summed E-state index contributed by atoms with van der Waals surface area (Å²) in [6, 6.07) is 12.7. The predicted octanol–water partition coefficient (Wildman–Crippen LogP) is 3.69. The second-order valence-electron chi connectivity index (χ2n) is 8.69. The highest BCUT2D eigenvalue weighted by atomic mass is 16.6. The van der Waals surface area contributed by atoms with Gasteiger partial charge in [0.25, 0.3) is 5.91 Å². The van der Waals surface area contributed by atoms with E-state index in [2.05, 4.69) is 10.6 Å². The van der Waals surface area contributed by atoms with Crippen molar-refractivity contribution < 1.29 is 19.1 Å². The molecule has 154 valence electrons. The molecule has 1 saturated heterocycles. The maximum absolute atomic E-state index is 13.0. The largest absolute Gasteiger partial charge is 0.462 e. The van der Waals surface area contributed by atoms with Crippen LogP contribution >= 0.6 is 0 Å². The Morgan fingerprint density at radius 3 is 2.67 bits per heavy atom. The maximum atomic E-state index is 13.0. The summed E-state index contributed by atoms with van der Waals surface area (Å²) in [6.45, 7) is 3.97. The van der Waals surface area contributed by atoms with Gasteiger partial charge < -0.3 is 15.4 Å². The van der Waals surface area contributed by atoms with E-state index in [0.717, 1.165) is 29.7 Å². The number of esters is 1. The number of hydrogen-bond donors (Lipinski definition) is 2. The molecule has 6 heteroatoms. The minimum atomic E-state index is -0.339.